The summed E-state index contributed by atoms with van der Waals surface area (Å²) in [5.74, 6) is -0.365. The number of nitrogens with one attached hydrogen (secondary N) is 1. The van der Waals surface area contributed by atoms with Crippen LogP contribution in [0.5, 0.6) is 5.75 Å². The van der Waals surface area contributed by atoms with Gasteiger partial charge in [-0.2, -0.15) is 0 Å². The molecule has 140 valence electrons. The zero-order valence-electron chi connectivity index (χ0n) is 14.8. The fraction of sp³-hybridized carbons (Fsp3) is 0.0909. The lowest BCUT2D eigenvalue weighted by atomic mass is 10.1. The zero-order chi connectivity index (χ0) is 19.5. The summed E-state index contributed by atoms with van der Waals surface area (Å²) in [5, 5.41) is 3.55. The second kappa shape index (κ2) is 7.52. The molecule has 0 saturated heterocycles. The second-order valence-corrected chi connectivity index (χ2v) is 6.24. The van der Waals surface area contributed by atoms with Crippen LogP contribution in [0.3, 0.4) is 0 Å². The maximum Gasteiger partial charge on any atom is 0.258 e. The summed E-state index contributed by atoms with van der Waals surface area (Å²) in [6, 6.07) is 18.0. The topological polar surface area (TPSA) is 68.5 Å². The van der Waals surface area contributed by atoms with Gasteiger partial charge in [0.1, 0.15) is 22.7 Å². The Bertz CT molecular complexity index is 1230. The average Bonchev–Trinajstić information content (AvgIpc) is 2.71. The zero-order valence-corrected chi connectivity index (χ0v) is 14.8. The lowest BCUT2D eigenvalue weighted by Gasteiger charge is -2.09. The number of benzene rings is 3. The third kappa shape index (κ3) is 3.57. The number of carbonyl (C=O) groups is 1. The van der Waals surface area contributed by atoms with Gasteiger partial charge in [-0.15, -0.1) is 0 Å². The molecule has 3 aromatic carbocycles. The smallest absolute Gasteiger partial charge is 0.258 e. The molecule has 0 aliphatic rings. The third-order valence-corrected chi connectivity index (χ3v) is 4.35. The van der Waals surface area contributed by atoms with Gasteiger partial charge < -0.3 is 14.5 Å². The van der Waals surface area contributed by atoms with E-state index in [2.05, 4.69) is 5.32 Å². The lowest BCUT2D eigenvalue weighted by Crippen LogP contribution is -2.28. The number of amides is 1. The summed E-state index contributed by atoms with van der Waals surface area (Å²) in [6.07, 6.45) is 0. The molecule has 1 N–H and O–H groups in total. The molecule has 0 atom stereocenters. The Kier molecular flexibility index (Phi) is 4.76. The van der Waals surface area contributed by atoms with Crippen LogP contribution in [0.2, 0.25) is 0 Å². The van der Waals surface area contributed by atoms with Crippen molar-refractivity contribution in [2.75, 3.05) is 6.61 Å². The number of hydrogen-bond acceptors (Lipinski definition) is 4. The van der Waals surface area contributed by atoms with Crippen LogP contribution >= 0.6 is 0 Å². The molecule has 5 nitrogen and oxygen atoms in total. The molecule has 0 fully saturated rings. The minimum Gasteiger partial charge on any atom is -0.484 e. The minimum atomic E-state index is -0.386. The molecular weight excluding hydrogens is 361 g/mol. The van der Waals surface area contributed by atoms with E-state index in [1.165, 1.54) is 6.07 Å². The quantitative estimate of drug-likeness (QED) is 0.538. The first-order chi connectivity index (χ1) is 13.6. The van der Waals surface area contributed by atoms with E-state index in [1.54, 1.807) is 60.7 Å². The Balaban J connectivity index is 1.46. The number of carbonyl (C=O) groups excluding carboxylic acids is 1. The number of ether oxygens (including phenoxy) is 1. The molecule has 1 heterocycles. The molecule has 28 heavy (non-hydrogen) atoms. The molecule has 0 radical (unpaired) electrons. The van der Waals surface area contributed by atoms with Crippen molar-refractivity contribution in [2.24, 2.45) is 0 Å². The number of fused-ring (bicyclic) bond motifs is 2. The Morgan fingerprint density at radius 3 is 2.57 bits per heavy atom. The van der Waals surface area contributed by atoms with Crippen molar-refractivity contribution >= 4 is 27.8 Å². The standard InChI is InChI=1S/C22H16FNO4/c23-18-7-3-1-5-14(18)12-24-21(25)13-27-15-9-10-17-20(11-15)28-19-8-4-2-6-16(19)22(17)26/h1-11H,12-13H2,(H,24,25). The van der Waals surface area contributed by atoms with E-state index in [9.17, 15) is 14.0 Å². The highest BCUT2D eigenvalue weighted by molar-refractivity contribution is 5.90. The van der Waals surface area contributed by atoms with Gasteiger partial charge in [0.2, 0.25) is 5.43 Å². The summed E-state index contributed by atoms with van der Waals surface area (Å²) in [4.78, 5) is 24.5. The first-order valence-electron chi connectivity index (χ1n) is 8.70. The van der Waals surface area contributed by atoms with Crippen LogP contribution in [-0.4, -0.2) is 12.5 Å². The Labute approximate surface area is 159 Å². The number of hydrogen-bond donors (Lipinski definition) is 1. The molecule has 0 aliphatic heterocycles. The minimum absolute atomic E-state index is 0.0768. The molecule has 0 spiro atoms. The van der Waals surface area contributed by atoms with Crippen LogP contribution < -0.4 is 15.5 Å². The van der Waals surface area contributed by atoms with Crippen molar-refractivity contribution in [3.63, 3.8) is 0 Å². The maximum absolute atomic E-state index is 13.6. The largest absolute Gasteiger partial charge is 0.484 e. The first kappa shape index (κ1) is 17.7. The van der Waals surface area contributed by atoms with E-state index < -0.39 is 0 Å². The van der Waals surface area contributed by atoms with Gasteiger partial charge in [0.05, 0.1) is 10.8 Å². The Morgan fingerprint density at radius 1 is 0.964 bits per heavy atom. The predicted octanol–water partition coefficient (Wildman–Crippen LogP) is 3.78. The summed E-state index contributed by atoms with van der Waals surface area (Å²) in [7, 11) is 0. The van der Waals surface area contributed by atoms with Crippen molar-refractivity contribution in [1.29, 1.82) is 0 Å². The van der Waals surface area contributed by atoms with Gasteiger partial charge in [0.25, 0.3) is 5.91 Å². The van der Waals surface area contributed by atoms with Crippen LogP contribution in [-0.2, 0) is 11.3 Å². The van der Waals surface area contributed by atoms with Crippen LogP contribution in [0.25, 0.3) is 21.9 Å². The fourth-order valence-corrected chi connectivity index (χ4v) is 2.91. The Hall–Kier alpha value is -3.67. The van der Waals surface area contributed by atoms with E-state index in [1.807, 2.05) is 0 Å². The van der Waals surface area contributed by atoms with Crippen molar-refractivity contribution in [3.05, 3.63) is 88.3 Å². The SMILES string of the molecule is O=C(COc1ccc2c(=O)c3ccccc3oc2c1)NCc1ccccc1F. The van der Waals surface area contributed by atoms with Crippen molar-refractivity contribution in [2.45, 2.75) is 6.54 Å². The molecule has 4 rings (SSSR count). The van der Waals surface area contributed by atoms with Gasteiger partial charge in [-0.05, 0) is 30.3 Å². The Morgan fingerprint density at radius 2 is 1.71 bits per heavy atom. The van der Waals surface area contributed by atoms with Crippen molar-refractivity contribution < 1.29 is 18.3 Å². The monoisotopic (exact) mass is 377 g/mol. The van der Waals surface area contributed by atoms with Crippen molar-refractivity contribution in [1.82, 2.24) is 5.32 Å². The number of halogens is 1. The van der Waals surface area contributed by atoms with Gasteiger partial charge in [-0.25, -0.2) is 4.39 Å². The third-order valence-electron chi connectivity index (χ3n) is 4.35. The summed E-state index contributed by atoms with van der Waals surface area (Å²) in [6.45, 7) is -0.161. The summed E-state index contributed by atoms with van der Waals surface area (Å²) < 4.78 is 24.8. The normalized spacial score (nSPS) is 10.9. The second-order valence-electron chi connectivity index (χ2n) is 6.24. The van der Waals surface area contributed by atoms with Gasteiger partial charge in [0, 0.05) is 18.2 Å². The summed E-state index contributed by atoms with van der Waals surface area (Å²) >= 11 is 0. The van der Waals surface area contributed by atoms with Gasteiger partial charge >= 0.3 is 0 Å². The molecule has 0 bridgehead atoms. The molecule has 1 aromatic heterocycles. The molecular formula is C22H16FNO4. The number of para-hydroxylation sites is 1. The molecule has 4 aromatic rings. The maximum atomic E-state index is 13.6. The van der Waals surface area contributed by atoms with Crippen molar-refractivity contribution in [3.8, 4) is 5.75 Å². The molecule has 6 heteroatoms. The van der Waals surface area contributed by atoms with E-state index in [4.69, 9.17) is 9.15 Å². The number of rotatable bonds is 5. The van der Waals surface area contributed by atoms with Crippen LogP contribution in [0.4, 0.5) is 4.39 Å². The van der Waals surface area contributed by atoms with Crippen LogP contribution in [0.1, 0.15) is 5.56 Å². The predicted molar refractivity (Wildman–Crippen MR) is 104 cm³/mol. The average molecular weight is 377 g/mol. The van der Waals surface area contributed by atoms with E-state index in [0.29, 0.717) is 33.3 Å². The highest BCUT2D eigenvalue weighted by atomic mass is 19.1. The molecule has 0 saturated carbocycles. The van der Waals surface area contributed by atoms with Gasteiger partial charge in [-0.1, -0.05) is 30.3 Å². The molecule has 0 aliphatic carbocycles. The first-order valence-corrected chi connectivity index (χ1v) is 8.70. The molecule has 1 amide bonds. The van der Waals surface area contributed by atoms with Crippen LogP contribution in [0.15, 0.2) is 75.9 Å². The highest BCUT2D eigenvalue weighted by Gasteiger charge is 2.10. The van der Waals surface area contributed by atoms with E-state index >= 15 is 0 Å². The highest BCUT2D eigenvalue weighted by Crippen LogP contribution is 2.22. The van der Waals surface area contributed by atoms with E-state index in [0.717, 1.165) is 0 Å². The fourth-order valence-electron chi connectivity index (χ4n) is 2.91. The van der Waals surface area contributed by atoms with Crippen LogP contribution in [0, 0.1) is 5.82 Å². The lowest BCUT2D eigenvalue weighted by molar-refractivity contribution is -0.123. The van der Waals surface area contributed by atoms with E-state index in [-0.39, 0.29) is 30.3 Å². The van der Waals surface area contributed by atoms with Gasteiger partial charge in [0.15, 0.2) is 6.61 Å². The molecule has 0 unspecified atom stereocenters. The van der Waals surface area contributed by atoms with Gasteiger partial charge in [-0.3, -0.25) is 9.59 Å². The summed E-state index contributed by atoms with van der Waals surface area (Å²) in [5.41, 5.74) is 1.15.